The van der Waals surface area contributed by atoms with Crippen LogP contribution in [0.2, 0.25) is 0 Å². The van der Waals surface area contributed by atoms with Crippen molar-refractivity contribution >= 4 is 6.09 Å². The van der Waals surface area contributed by atoms with E-state index in [9.17, 15) is 4.79 Å². The van der Waals surface area contributed by atoms with Crippen molar-refractivity contribution in [1.82, 2.24) is 4.90 Å². The third kappa shape index (κ3) is 3.03. The molecular formula is C15H21NO2. The second kappa shape index (κ2) is 5.01. The molecule has 0 atom stereocenters. The maximum absolute atomic E-state index is 11.8. The van der Waals surface area contributed by atoms with Crippen molar-refractivity contribution in [2.75, 3.05) is 13.1 Å². The maximum atomic E-state index is 11.8. The van der Waals surface area contributed by atoms with Gasteiger partial charge in [-0.05, 0) is 16.9 Å². The third-order valence-electron chi connectivity index (χ3n) is 3.57. The molecule has 3 heteroatoms. The first kappa shape index (κ1) is 12.9. The van der Waals surface area contributed by atoms with Crippen LogP contribution in [0.4, 0.5) is 4.79 Å². The number of likely N-dealkylation sites (tertiary alicyclic amines) is 1. The van der Waals surface area contributed by atoms with Gasteiger partial charge in [-0.25, -0.2) is 4.79 Å². The van der Waals surface area contributed by atoms with Crippen molar-refractivity contribution in [3.8, 4) is 0 Å². The smallest absolute Gasteiger partial charge is 0.410 e. The lowest BCUT2D eigenvalue weighted by molar-refractivity contribution is 0.0118. The summed E-state index contributed by atoms with van der Waals surface area (Å²) in [5.41, 5.74) is 1.30. The molecule has 1 amide bonds. The number of amides is 1. The summed E-state index contributed by atoms with van der Waals surface area (Å²) in [6, 6.07) is 9.77. The summed E-state index contributed by atoms with van der Waals surface area (Å²) in [6.07, 6.45) is -0.195. The Bertz CT molecular complexity index is 402. The summed E-state index contributed by atoms with van der Waals surface area (Å²) in [6.45, 7) is 8.63. The number of carbonyl (C=O) groups is 1. The van der Waals surface area contributed by atoms with Gasteiger partial charge in [0.25, 0.3) is 0 Å². The molecule has 0 N–H and O–H groups in total. The molecule has 3 nitrogen and oxygen atoms in total. The zero-order valence-corrected chi connectivity index (χ0v) is 11.3. The Balaban J connectivity index is 1.75. The first-order valence-corrected chi connectivity index (χ1v) is 6.42. The molecule has 1 fully saturated rings. The number of nitrogens with zero attached hydrogens (tertiary/aromatic N) is 1. The molecule has 0 bridgehead atoms. The van der Waals surface area contributed by atoms with E-state index in [2.05, 4.69) is 20.8 Å². The fourth-order valence-corrected chi connectivity index (χ4v) is 1.99. The molecule has 2 rings (SSSR count). The highest BCUT2D eigenvalue weighted by molar-refractivity contribution is 5.68. The van der Waals surface area contributed by atoms with E-state index in [0.29, 0.717) is 12.5 Å². The molecule has 1 aliphatic rings. The molecule has 0 unspecified atom stereocenters. The highest BCUT2D eigenvalue weighted by Gasteiger charge is 2.38. The molecular weight excluding hydrogens is 226 g/mol. The zero-order chi connectivity index (χ0) is 13.2. The second-order valence-corrected chi connectivity index (χ2v) is 6.01. The van der Waals surface area contributed by atoms with Crippen LogP contribution in [-0.4, -0.2) is 24.1 Å². The van der Waals surface area contributed by atoms with Crippen LogP contribution in [0.15, 0.2) is 30.3 Å². The first-order chi connectivity index (χ1) is 8.47. The Morgan fingerprint density at radius 3 is 2.44 bits per heavy atom. The molecule has 18 heavy (non-hydrogen) atoms. The van der Waals surface area contributed by atoms with Crippen LogP contribution >= 0.6 is 0 Å². The third-order valence-corrected chi connectivity index (χ3v) is 3.57. The number of hydrogen-bond donors (Lipinski definition) is 0. The van der Waals surface area contributed by atoms with E-state index in [4.69, 9.17) is 4.74 Å². The minimum atomic E-state index is -0.195. The standard InChI is InChI=1S/C15H21NO2/c1-15(2,3)13-9-16(10-13)14(17)18-11-12-7-5-4-6-8-12/h4-8,13H,9-11H2,1-3H3. The summed E-state index contributed by atoms with van der Waals surface area (Å²) in [7, 11) is 0. The van der Waals surface area contributed by atoms with Crippen molar-refractivity contribution in [2.45, 2.75) is 27.4 Å². The Morgan fingerprint density at radius 1 is 1.28 bits per heavy atom. The van der Waals surface area contributed by atoms with E-state index in [1.54, 1.807) is 4.90 Å². The van der Waals surface area contributed by atoms with Crippen LogP contribution in [0.3, 0.4) is 0 Å². The Labute approximate surface area is 109 Å². The lowest BCUT2D eigenvalue weighted by Crippen LogP contribution is -2.54. The van der Waals surface area contributed by atoms with Gasteiger partial charge in [-0.2, -0.15) is 0 Å². The van der Waals surface area contributed by atoms with Crippen LogP contribution in [0.1, 0.15) is 26.3 Å². The average Bonchev–Trinajstić information content (AvgIpc) is 2.24. The van der Waals surface area contributed by atoms with E-state index >= 15 is 0 Å². The van der Waals surface area contributed by atoms with Crippen molar-refractivity contribution in [3.63, 3.8) is 0 Å². The molecule has 1 aromatic rings. The maximum Gasteiger partial charge on any atom is 0.410 e. The molecule has 0 radical (unpaired) electrons. The van der Waals surface area contributed by atoms with Crippen molar-refractivity contribution in [2.24, 2.45) is 11.3 Å². The topological polar surface area (TPSA) is 29.5 Å². The summed E-state index contributed by atoms with van der Waals surface area (Å²) < 4.78 is 5.28. The number of carbonyl (C=O) groups excluding carboxylic acids is 1. The predicted molar refractivity (Wildman–Crippen MR) is 71.1 cm³/mol. The normalized spacial score (nSPS) is 16.3. The van der Waals surface area contributed by atoms with Gasteiger partial charge in [-0.1, -0.05) is 51.1 Å². The minimum absolute atomic E-state index is 0.195. The lowest BCUT2D eigenvalue weighted by Gasteiger charge is -2.45. The summed E-state index contributed by atoms with van der Waals surface area (Å²) in [5, 5.41) is 0. The van der Waals surface area contributed by atoms with Gasteiger partial charge in [-0.3, -0.25) is 0 Å². The van der Waals surface area contributed by atoms with Gasteiger partial charge in [0.2, 0.25) is 0 Å². The number of ether oxygens (including phenoxy) is 1. The van der Waals surface area contributed by atoms with Crippen molar-refractivity contribution in [1.29, 1.82) is 0 Å². The highest BCUT2D eigenvalue weighted by atomic mass is 16.6. The van der Waals surface area contributed by atoms with Crippen LogP contribution < -0.4 is 0 Å². The van der Waals surface area contributed by atoms with Gasteiger partial charge in [-0.15, -0.1) is 0 Å². The monoisotopic (exact) mass is 247 g/mol. The molecule has 98 valence electrons. The number of benzene rings is 1. The van der Waals surface area contributed by atoms with E-state index in [-0.39, 0.29) is 11.5 Å². The second-order valence-electron chi connectivity index (χ2n) is 6.01. The van der Waals surface area contributed by atoms with Crippen molar-refractivity contribution in [3.05, 3.63) is 35.9 Å². The summed E-state index contributed by atoms with van der Waals surface area (Å²) >= 11 is 0. The van der Waals surface area contributed by atoms with Gasteiger partial charge in [0, 0.05) is 13.1 Å². The Kier molecular flexibility index (Phi) is 3.60. The minimum Gasteiger partial charge on any atom is -0.445 e. The van der Waals surface area contributed by atoms with Gasteiger partial charge in [0.1, 0.15) is 6.61 Å². The van der Waals surface area contributed by atoms with E-state index < -0.39 is 0 Å². The molecule has 0 aliphatic carbocycles. The molecule has 1 saturated heterocycles. The van der Waals surface area contributed by atoms with Crippen LogP contribution in [-0.2, 0) is 11.3 Å². The Hall–Kier alpha value is -1.51. The van der Waals surface area contributed by atoms with Gasteiger partial charge < -0.3 is 9.64 Å². The molecule has 0 saturated carbocycles. The van der Waals surface area contributed by atoms with Crippen LogP contribution in [0, 0.1) is 11.3 Å². The fraction of sp³-hybridized carbons (Fsp3) is 0.533. The Morgan fingerprint density at radius 2 is 1.89 bits per heavy atom. The summed E-state index contributed by atoms with van der Waals surface area (Å²) in [5.74, 6) is 0.585. The molecule has 0 aromatic heterocycles. The molecule has 1 aromatic carbocycles. The SMILES string of the molecule is CC(C)(C)C1CN(C(=O)OCc2ccccc2)C1. The largest absolute Gasteiger partial charge is 0.445 e. The van der Waals surface area contributed by atoms with E-state index in [1.807, 2.05) is 30.3 Å². The van der Waals surface area contributed by atoms with Gasteiger partial charge >= 0.3 is 6.09 Å². The fourth-order valence-electron chi connectivity index (χ4n) is 1.99. The van der Waals surface area contributed by atoms with Gasteiger partial charge in [0.05, 0.1) is 0 Å². The molecule has 1 aliphatic heterocycles. The lowest BCUT2D eigenvalue weighted by atomic mass is 9.76. The zero-order valence-electron chi connectivity index (χ0n) is 11.3. The average molecular weight is 247 g/mol. The number of hydrogen-bond acceptors (Lipinski definition) is 2. The quantitative estimate of drug-likeness (QED) is 0.802. The van der Waals surface area contributed by atoms with Crippen molar-refractivity contribution < 1.29 is 9.53 Å². The van der Waals surface area contributed by atoms with Crippen LogP contribution in [0.5, 0.6) is 0 Å². The molecule has 0 spiro atoms. The van der Waals surface area contributed by atoms with Gasteiger partial charge in [0.15, 0.2) is 0 Å². The summed E-state index contributed by atoms with van der Waals surface area (Å²) in [4.78, 5) is 13.6. The number of rotatable bonds is 2. The van der Waals surface area contributed by atoms with E-state index in [1.165, 1.54) is 0 Å². The highest BCUT2D eigenvalue weighted by Crippen LogP contribution is 2.33. The predicted octanol–water partition coefficient (Wildman–Crippen LogP) is 3.30. The van der Waals surface area contributed by atoms with E-state index in [0.717, 1.165) is 18.7 Å². The van der Waals surface area contributed by atoms with Crippen LogP contribution in [0.25, 0.3) is 0 Å². The molecule has 1 heterocycles. The first-order valence-electron chi connectivity index (χ1n) is 6.42.